The van der Waals surface area contributed by atoms with E-state index in [1.807, 2.05) is 27.0 Å². The molecule has 1 aromatic rings. The molecule has 0 aromatic carbocycles. The van der Waals surface area contributed by atoms with Crippen LogP contribution in [0.3, 0.4) is 0 Å². The van der Waals surface area contributed by atoms with E-state index in [1.165, 1.54) is 0 Å². The summed E-state index contributed by atoms with van der Waals surface area (Å²) >= 11 is 3.46. The lowest BCUT2D eigenvalue weighted by Gasteiger charge is -2.42. The molecule has 1 unspecified atom stereocenters. The standard InChI is InChI=1S/C13H19BrN2O2/c1-9-4-12(15-5-11(9)14)16-6-10(7-17)18-13(2,3)8-16/h4-5,10,17H,6-8H2,1-3H3. The summed E-state index contributed by atoms with van der Waals surface area (Å²) in [6, 6.07) is 2.06. The number of nitrogens with zero attached hydrogens (tertiary/aromatic N) is 2. The van der Waals surface area contributed by atoms with Crippen LogP contribution < -0.4 is 4.90 Å². The van der Waals surface area contributed by atoms with Crippen LogP contribution in [-0.4, -0.2) is 41.5 Å². The van der Waals surface area contributed by atoms with Gasteiger partial charge in [0.05, 0.1) is 18.3 Å². The lowest BCUT2D eigenvalue weighted by molar-refractivity contribution is -0.101. The van der Waals surface area contributed by atoms with Crippen molar-refractivity contribution < 1.29 is 9.84 Å². The van der Waals surface area contributed by atoms with Crippen molar-refractivity contribution in [2.45, 2.75) is 32.5 Å². The summed E-state index contributed by atoms with van der Waals surface area (Å²) in [5.74, 6) is 0.936. The lowest BCUT2D eigenvalue weighted by atomic mass is 10.1. The summed E-state index contributed by atoms with van der Waals surface area (Å²) in [5.41, 5.74) is 0.888. The number of pyridine rings is 1. The Morgan fingerprint density at radius 1 is 1.61 bits per heavy atom. The molecule has 2 heterocycles. The maximum absolute atomic E-state index is 9.31. The Morgan fingerprint density at radius 3 is 2.94 bits per heavy atom. The minimum absolute atomic E-state index is 0.0371. The molecule has 18 heavy (non-hydrogen) atoms. The normalized spacial score (nSPS) is 23.2. The number of anilines is 1. The highest BCUT2D eigenvalue weighted by Gasteiger charge is 2.33. The number of ether oxygens (including phenoxy) is 1. The number of hydrogen-bond donors (Lipinski definition) is 1. The molecular formula is C13H19BrN2O2. The predicted molar refractivity (Wildman–Crippen MR) is 74.9 cm³/mol. The first-order chi connectivity index (χ1) is 8.41. The molecule has 1 aliphatic rings. The van der Waals surface area contributed by atoms with Gasteiger partial charge in [0.15, 0.2) is 0 Å². The zero-order chi connectivity index (χ0) is 13.3. The molecule has 0 bridgehead atoms. The van der Waals surface area contributed by atoms with Crippen molar-refractivity contribution in [2.75, 3.05) is 24.6 Å². The van der Waals surface area contributed by atoms with Gasteiger partial charge in [0.1, 0.15) is 5.82 Å². The average molecular weight is 315 g/mol. The minimum Gasteiger partial charge on any atom is -0.394 e. The molecule has 100 valence electrons. The second-order valence-corrected chi connectivity index (χ2v) is 6.21. The molecule has 5 heteroatoms. The molecule has 4 nitrogen and oxygen atoms in total. The van der Waals surface area contributed by atoms with Gasteiger partial charge in [0.25, 0.3) is 0 Å². The van der Waals surface area contributed by atoms with Crippen molar-refractivity contribution in [3.63, 3.8) is 0 Å². The Hall–Kier alpha value is -0.650. The van der Waals surface area contributed by atoms with Crippen molar-refractivity contribution in [2.24, 2.45) is 0 Å². The number of hydrogen-bond acceptors (Lipinski definition) is 4. The van der Waals surface area contributed by atoms with Crippen LogP contribution in [0.5, 0.6) is 0 Å². The van der Waals surface area contributed by atoms with E-state index in [1.54, 1.807) is 0 Å². The van der Waals surface area contributed by atoms with Gasteiger partial charge < -0.3 is 14.7 Å². The number of morpholine rings is 1. The Labute approximate surface area is 116 Å². The topological polar surface area (TPSA) is 45.6 Å². The fourth-order valence-electron chi connectivity index (χ4n) is 2.26. The smallest absolute Gasteiger partial charge is 0.129 e. The minimum atomic E-state index is -0.270. The van der Waals surface area contributed by atoms with Crippen LogP contribution in [0, 0.1) is 6.92 Å². The molecule has 0 aliphatic carbocycles. The van der Waals surface area contributed by atoms with E-state index in [0.29, 0.717) is 6.54 Å². The zero-order valence-electron chi connectivity index (χ0n) is 11.0. The third-order valence-electron chi connectivity index (χ3n) is 3.04. The van der Waals surface area contributed by atoms with E-state index >= 15 is 0 Å². The monoisotopic (exact) mass is 314 g/mol. The first kappa shape index (κ1) is 13.8. The Kier molecular flexibility index (Phi) is 3.94. The van der Waals surface area contributed by atoms with Crippen LogP contribution in [-0.2, 0) is 4.74 Å². The molecule has 0 spiro atoms. The van der Waals surface area contributed by atoms with Crippen LogP contribution in [0.2, 0.25) is 0 Å². The molecule has 1 saturated heterocycles. The van der Waals surface area contributed by atoms with Crippen LogP contribution in [0.4, 0.5) is 5.82 Å². The summed E-state index contributed by atoms with van der Waals surface area (Å²) in [5, 5.41) is 9.31. The number of aromatic nitrogens is 1. The summed E-state index contributed by atoms with van der Waals surface area (Å²) in [7, 11) is 0. The van der Waals surface area contributed by atoms with Gasteiger partial charge in [-0.3, -0.25) is 0 Å². The fraction of sp³-hybridized carbons (Fsp3) is 0.615. The van der Waals surface area contributed by atoms with E-state index in [-0.39, 0.29) is 18.3 Å². The van der Waals surface area contributed by atoms with Crippen molar-refractivity contribution in [3.05, 3.63) is 22.3 Å². The average Bonchev–Trinajstić information content (AvgIpc) is 2.30. The third-order valence-corrected chi connectivity index (χ3v) is 3.87. The number of rotatable bonds is 2. The Morgan fingerprint density at radius 2 is 2.33 bits per heavy atom. The molecular weight excluding hydrogens is 296 g/mol. The van der Waals surface area contributed by atoms with Gasteiger partial charge in [-0.25, -0.2) is 4.98 Å². The van der Waals surface area contributed by atoms with E-state index < -0.39 is 0 Å². The van der Waals surface area contributed by atoms with Crippen LogP contribution in [0.1, 0.15) is 19.4 Å². The lowest BCUT2D eigenvalue weighted by Crippen LogP contribution is -2.54. The van der Waals surface area contributed by atoms with Gasteiger partial charge in [0.2, 0.25) is 0 Å². The van der Waals surface area contributed by atoms with E-state index in [2.05, 4.69) is 31.9 Å². The molecule has 1 aliphatic heterocycles. The second-order valence-electron chi connectivity index (χ2n) is 5.35. The molecule has 0 saturated carbocycles. The van der Waals surface area contributed by atoms with E-state index in [9.17, 15) is 5.11 Å². The summed E-state index contributed by atoms with van der Waals surface area (Å²) < 4.78 is 6.81. The molecule has 0 radical (unpaired) electrons. The van der Waals surface area contributed by atoms with Gasteiger partial charge in [-0.05, 0) is 48.3 Å². The summed E-state index contributed by atoms with van der Waals surface area (Å²) in [4.78, 5) is 6.61. The van der Waals surface area contributed by atoms with Gasteiger partial charge in [-0.1, -0.05) is 0 Å². The largest absolute Gasteiger partial charge is 0.394 e. The maximum Gasteiger partial charge on any atom is 0.129 e. The SMILES string of the molecule is Cc1cc(N2CC(CO)OC(C)(C)C2)ncc1Br. The maximum atomic E-state index is 9.31. The Balaban J connectivity index is 2.23. The molecule has 2 rings (SSSR count). The summed E-state index contributed by atoms with van der Waals surface area (Å²) in [6.45, 7) is 7.60. The van der Waals surface area contributed by atoms with Crippen molar-refractivity contribution >= 4 is 21.7 Å². The van der Waals surface area contributed by atoms with Crippen molar-refractivity contribution in [1.29, 1.82) is 0 Å². The first-order valence-electron chi connectivity index (χ1n) is 6.07. The Bertz CT molecular complexity index is 437. The first-order valence-corrected chi connectivity index (χ1v) is 6.86. The molecule has 1 fully saturated rings. The predicted octanol–water partition coefficient (Wildman–Crippen LogP) is 2.13. The second kappa shape index (κ2) is 5.15. The van der Waals surface area contributed by atoms with Crippen molar-refractivity contribution in [1.82, 2.24) is 4.98 Å². The van der Waals surface area contributed by atoms with Crippen LogP contribution in [0.25, 0.3) is 0 Å². The van der Waals surface area contributed by atoms with E-state index in [4.69, 9.17) is 4.74 Å². The fourth-order valence-corrected chi connectivity index (χ4v) is 2.48. The van der Waals surface area contributed by atoms with E-state index in [0.717, 1.165) is 22.4 Å². The molecule has 0 amide bonds. The van der Waals surface area contributed by atoms with Gasteiger partial charge >= 0.3 is 0 Å². The van der Waals surface area contributed by atoms with Gasteiger partial charge in [-0.2, -0.15) is 0 Å². The highest BCUT2D eigenvalue weighted by Crippen LogP contribution is 2.26. The quantitative estimate of drug-likeness (QED) is 0.908. The highest BCUT2D eigenvalue weighted by molar-refractivity contribution is 9.10. The van der Waals surface area contributed by atoms with Gasteiger partial charge in [0, 0.05) is 23.8 Å². The number of aliphatic hydroxyl groups excluding tert-OH is 1. The third kappa shape index (κ3) is 3.02. The van der Waals surface area contributed by atoms with Crippen molar-refractivity contribution in [3.8, 4) is 0 Å². The zero-order valence-corrected chi connectivity index (χ0v) is 12.6. The molecule has 1 aromatic heterocycles. The number of halogens is 1. The molecule has 1 atom stereocenters. The van der Waals surface area contributed by atoms with Gasteiger partial charge in [-0.15, -0.1) is 0 Å². The van der Waals surface area contributed by atoms with Crippen LogP contribution >= 0.6 is 15.9 Å². The molecule has 1 N–H and O–H groups in total. The number of aryl methyl sites for hydroxylation is 1. The summed E-state index contributed by atoms with van der Waals surface area (Å²) in [6.07, 6.45) is 1.67. The number of aliphatic hydroxyl groups is 1. The van der Waals surface area contributed by atoms with Crippen LogP contribution in [0.15, 0.2) is 16.7 Å². The highest BCUT2D eigenvalue weighted by atomic mass is 79.9.